The number of aromatic nitrogens is 6. The molecule has 254 valence electrons. The van der Waals surface area contributed by atoms with E-state index in [-0.39, 0.29) is 0 Å². The number of fused-ring (bicyclic) bond motifs is 4. The molecule has 0 N–H and O–H groups in total. The van der Waals surface area contributed by atoms with Gasteiger partial charge in [0.1, 0.15) is 24.5 Å². The summed E-state index contributed by atoms with van der Waals surface area (Å²) in [4.78, 5) is 9.39. The van der Waals surface area contributed by atoms with Crippen molar-refractivity contribution in [2.24, 2.45) is 0 Å². The number of imidazole rings is 2. The third-order valence-corrected chi connectivity index (χ3v) is 11.3. The van der Waals surface area contributed by atoms with Crippen LogP contribution in [-0.4, -0.2) is 19.1 Å². The van der Waals surface area contributed by atoms with Crippen LogP contribution < -0.4 is 9.13 Å². The molecule has 8 aromatic rings. The highest BCUT2D eigenvalue weighted by atomic mass is 15.2. The molecule has 0 saturated carbocycles. The Labute approximate surface area is 304 Å². The number of pyridine rings is 2. The van der Waals surface area contributed by atoms with E-state index in [2.05, 4.69) is 128 Å². The van der Waals surface area contributed by atoms with Crippen LogP contribution >= 0.6 is 0 Å². The molecule has 0 saturated heterocycles. The molecule has 4 heterocycles. The van der Waals surface area contributed by atoms with E-state index in [0.717, 1.165) is 37.1 Å². The topological polar surface area (TPSA) is 43.4 Å². The van der Waals surface area contributed by atoms with Gasteiger partial charge in [0.15, 0.2) is 22.1 Å². The Balaban J connectivity index is 1.25. The Morgan fingerprint density at radius 3 is 1.37 bits per heavy atom. The third kappa shape index (κ3) is 5.32. The second-order valence-electron chi connectivity index (χ2n) is 14.5. The lowest BCUT2D eigenvalue weighted by atomic mass is 9.79. The summed E-state index contributed by atoms with van der Waals surface area (Å²) in [5.41, 5.74) is 18.3. The lowest BCUT2D eigenvalue weighted by Gasteiger charge is -2.26. The van der Waals surface area contributed by atoms with Crippen molar-refractivity contribution in [1.82, 2.24) is 19.1 Å². The molecule has 6 heteroatoms. The SMILES string of the molecule is c1ccc(C[n+]2cn(-c3ccc4c(c3-c3c(-n5c[n+](Cc6ccccn6)c6ccccc65)ccc5c3CCCC5)CCCC4)c3ccccc32)nc1. The Hall–Kier alpha value is -5.88. The molecule has 0 aliphatic heterocycles. The van der Waals surface area contributed by atoms with Gasteiger partial charge in [-0.1, -0.05) is 48.5 Å². The van der Waals surface area contributed by atoms with Crippen molar-refractivity contribution in [3.05, 3.63) is 168 Å². The maximum absolute atomic E-state index is 4.69. The first-order valence-electron chi connectivity index (χ1n) is 18.9. The van der Waals surface area contributed by atoms with Gasteiger partial charge in [0.05, 0.1) is 11.4 Å². The lowest BCUT2D eigenvalue weighted by molar-refractivity contribution is -0.663. The minimum Gasteiger partial charge on any atom is -0.257 e. The van der Waals surface area contributed by atoms with E-state index in [9.17, 15) is 0 Å². The summed E-state index contributed by atoms with van der Waals surface area (Å²) in [7, 11) is 0. The van der Waals surface area contributed by atoms with Crippen LogP contribution in [0.25, 0.3) is 44.6 Å². The van der Waals surface area contributed by atoms with E-state index in [1.54, 1.807) is 0 Å². The molecule has 4 aromatic heterocycles. The zero-order chi connectivity index (χ0) is 34.4. The van der Waals surface area contributed by atoms with E-state index in [0.29, 0.717) is 13.1 Å². The predicted octanol–water partition coefficient (Wildman–Crippen LogP) is 8.46. The molecule has 0 amide bonds. The molecule has 0 bridgehead atoms. The number of rotatable bonds is 7. The second-order valence-corrected chi connectivity index (χ2v) is 14.5. The number of para-hydroxylation sites is 4. The third-order valence-electron chi connectivity index (χ3n) is 11.3. The van der Waals surface area contributed by atoms with Crippen LogP contribution in [0.2, 0.25) is 0 Å². The van der Waals surface area contributed by atoms with Crippen molar-refractivity contribution in [2.45, 2.75) is 64.5 Å². The van der Waals surface area contributed by atoms with Crippen LogP contribution in [0.5, 0.6) is 0 Å². The van der Waals surface area contributed by atoms with E-state index in [4.69, 9.17) is 9.97 Å². The van der Waals surface area contributed by atoms with Crippen LogP contribution in [0.4, 0.5) is 0 Å². The zero-order valence-corrected chi connectivity index (χ0v) is 29.5. The highest BCUT2D eigenvalue weighted by Crippen LogP contribution is 2.44. The summed E-state index contributed by atoms with van der Waals surface area (Å²) in [6, 6.07) is 39.7. The molecule has 6 nitrogen and oxygen atoms in total. The average Bonchev–Trinajstić information content (AvgIpc) is 3.76. The molecular weight excluding hydrogens is 637 g/mol. The van der Waals surface area contributed by atoms with Gasteiger partial charge in [-0.3, -0.25) is 9.97 Å². The van der Waals surface area contributed by atoms with Gasteiger partial charge in [0, 0.05) is 23.5 Å². The van der Waals surface area contributed by atoms with Gasteiger partial charge in [0.2, 0.25) is 12.7 Å². The van der Waals surface area contributed by atoms with Crippen molar-refractivity contribution in [3.8, 4) is 22.5 Å². The van der Waals surface area contributed by atoms with Crippen molar-refractivity contribution in [3.63, 3.8) is 0 Å². The van der Waals surface area contributed by atoms with Crippen LogP contribution in [0, 0.1) is 0 Å². The fourth-order valence-corrected chi connectivity index (χ4v) is 8.91. The number of nitrogens with zero attached hydrogens (tertiary/aromatic N) is 6. The average molecular weight is 679 g/mol. The van der Waals surface area contributed by atoms with E-state index in [1.807, 2.05) is 24.5 Å². The fourth-order valence-electron chi connectivity index (χ4n) is 8.91. The molecule has 0 radical (unpaired) electrons. The Morgan fingerprint density at radius 1 is 0.462 bits per heavy atom. The Bertz CT molecular complexity index is 2400. The summed E-state index contributed by atoms with van der Waals surface area (Å²) in [6.45, 7) is 1.43. The summed E-state index contributed by atoms with van der Waals surface area (Å²) in [6.07, 6.45) is 17.8. The summed E-state index contributed by atoms with van der Waals surface area (Å²) in [5.74, 6) is 0. The van der Waals surface area contributed by atoms with Crippen LogP contribution in [-0.2, 0) is 38.8 Å². The molecule has 0 atom stereocenters. The van der Waals surface area contributed by atoms with Gasteiger partial charge in [-0.2, -0.15) is 9.13 Å². The maximum atomic E-state index is 4.69. The van der Waals surface area contributed by atoms with Crippen LogP contribution in [0.15, 0.2) is 134 Å². The lowest BCUT2D eigenvalue weighted by Crippen LogP contribution is -2.33. The monoisotopic (exact) mass is 678 g/mol. The first-order chi connectivity index (χ1) is 25.8. The number of hydrogen-bond acceptors (Lipinski definition) is 2. The first kappa shape index (κ1) is 30.9. The number of hydrogen-bond donors (Lipinski definition) is 0. The molecule has 0 unspecified atom stereocenters. The van der Waals surface area contributed by atoms with Gasteiger partial charge in [0.25, 0.3) is 0 Å². The quantitative estimate of drug-likeness (QED) is 0.159. The van der Waals surface area contributed by atoms with Gasteiger partial charge < -0.3 is 0 Å². The van der Waals surface area contributed by atoms with Gasteiger partial charge in [-0.05, 0) is 134 Å². The molecular formula is C46H42N6+2. The predicted molar refractivity (Wildman–Crippen MR) is 206 cm³/mol. The molecule has 52 heavy (non-hydrogen) atoms. The highest BCUT2D eigenvalue weighted by Gasteiger charge is 2.32. The number of benzene rings is 4. The Kier molecular flexibility index (Phi) is 7.74. The smallest absolute Gasteiger partial charge is 0.250 e. The normalized spacial score (nSPS) is 14.1. The highest BCUT2D eigenvalue weighted by molar-refractivity contribution is 5.90. The largest absolute Gasteiger partial charge is 0.257 e. The minimum atomic E-state index is 0.715. The molecule has 2 aliphatic rings. The van der Waals surface area contributed by atoms with E-state index in [1.165, 1.54) is 92.5 Å². The van der Waals surface area contributed by atoms with Crippen molar-refractivity contribution < 1.29 is 9.13 Å². The van der Waals surface area contributed by atoms with Gasteiger partial charge in [-0.15, -0.1) is 0 Å². The van der Waals surface area contributed by atoms with Gasteiger partial charge >= 0.3 is 0 Å². The van der Waals surface area contributed by atoms with Gasteiger partial charge in [-0.25, -0.2) is 9.13 Å². The van der Waals surface area contributed by atoms with Crippen LogP contribution in [0.1, 0.15) is 59.3 Å². The van der Waals surface area contributed by atoms with Crippen molar-refractivity contribution in [1.29, 1.82) is 0 Å². The second kappa shape index (κ2) is 13.0. The number of aryl methyl sites for hydroxylation is 2. The van der Waals surface area contributed by atoms with E-state index < -0.39 is 0 Å². The summed E-state index contributed by atoms with van der Waals surface area (Å²) < 4.78 is 9.65. The fraction of sp³-hybridized carbons (Fsp3) is 0.217. The molecule has 0 fully saturated rings. The molecule has 2 aliphatic carbocycles. The summed E-state index contributed by atoms with van der Waals surface area (Å²) in [5, 5.41) is 0. The Morgan fingerprint density at radius 2 is 0.904 bits per heavy atom. The van der Waals surface area contributed by atoms with E-state index >= 15 is 0 Å². The molecule has 0 spiro atoms. The summed E-state index contributed by atoms with van der Waals surface area (Å²) >= 11 is 0. The molecule has 4 aromatic carbocycles. The van der Waals surface area contributed by atoms with Crippen molar-refractivity contribution >= 4 is 22.1 Å². The minimum absolute atomic E-state index is 0.715. The van der Waals surface area contributed by atoms with Crippen molar-refractivity contribution in [2.75, 3.05) is 0 Å². The molecule has 10 rings (SSSR count). The standard InChI is InChI=1S/C46H42N6/c1-3-17-37-33(13-1)23-25-43(51-31-49(29-35-15-9-11-27-47-35)39-19-5-7-21-41(39)51)45(37)46-38-18-4-2-14-34(38)24-26-44(46)52-32-50(30-36-16-10-12-28-48-36)40-20-6-8-22-42(40)52/h5-12,15-16,19-28,31-32H,1-4,13-14,17-18,29-30H2/q+2. The van der Waals surface area contributed by atoms with Crippen LogP contribution in [0.3, 0.4) is 0 Å². The first-order valence-corrected chi connectivity index (χ1v) is 18.9. The maximum Gasteiger partial charge on any atom is 0.250 e. The zero-order valence-electron chi connectivity index (χ0n) is 29.5.